The molecule has 6 nitrogen and oxygen atoms in total. The molecule has 0 N–H and O–H groups in total. The molecule has 0 spiro atoms. The third-order valence-electron chi connectivity index (χ3n) is 3.27. The minimum atomic E-state index is -0.856. The molecule has 7 heteroatoms. The predicted molar refractivity (Wildman–Crippen MR) is 95.2 cm³/mol. The van der Waals surface area contributed by atoms with Gasteiger partial charge < -0.3 is 18.8 Å². The van der Waals surface area contributed by atoms with E-state index in [0.717, 1.165) is 0 Å². The minimum absolute atomic E-state index is 0.180. The molecular weight excluding hydrogens is 331 g/mol. The standard InChI is InChI=1S/C17H24O5.H3OP/c1-6-22-17(19)12(10-11(2)3)16(18)15-13(20-4)8-7-9-14(15)21-5;1-2/h7-9,11-12H,6,10H2,1-5H3;2H3. The third kappa shape index (κ3) is 6.00. The number of methoxy groups -OCH3 is 2. The van der Waals surface area contributed by atoms with Gasteiger partial charge in [0.2, 0.25) is 0 Å². The predicted octanol–water partition coefficient (Wildman–Crippen LogP) is 3.05. The Morgan fingerprint density at radius 2 is 1.58 bits per heavy atom. The highest BCUT2D eigenvalue weighted by Gasteiger charge is 2.33. The van der Waals surface area contributed by atoms with Crippen LogP contribution in [-0.2, 0) is 14.1 Å². The van der Waals surface area contributed by atoms with Gasteiger partial charge in [0.25, 0.3) is 0 Å². The first-order valence-corrected chi connectivity index (χ1v) is 8.24. The van der Waals surface area contributed by atoms with Gasteiger partial charge in [0.15, 0.2) is 5.78 Å². The maximum absolute atomic E-state index is 12.9. The van der Waals surface area contributed by atoms with Crippen LogP contribution in [0.3, 0.4) is 0 Å². The van der Waals surface area contributed by atoms with Gasteiger partial charge in [0.05, 0.1) is 29.9 Å². The molecule has 1 aromatic rings. The number of rotatable bonds is 8. The second-order valence-corrected chi connectivity index (χ2v) is 5.34. The van der Waals surface area contributed by atoms with Gasteiger partial charge in [0, 0.05) is 0 Å². The molecule has 0 bridgehead atoms. The molecule has 1 rings (SSSR count). The van der Waals surface area contributed by atoms with Crippen LogP contribution in [0.1, 0.15) is 37.6 Å². The SMILES string of the molecule is CCOC(=O)C(CC(C)C)C(=O)c1c(OC)cccc1OC.O=[PH3]. The van der Waals surface area contributed by atoms with Gasteiger partial charge in [-0.1, -0.05) is 19.9 Å². The fourth-order valence-electron chi connectivity index (χ4n) is 2.29. The van der Waals surface area contributed by atoms with Crippen LogP contribution in [0.4, 0.5) is 0 Å². The Balaban J connectivity index is 0.00000254. The molecule has 0 heterocycles. The van der Waals surface area contributed by atoms with Gasteiger partial charge in [-0.05, 0) is 31.4 Å². The number of Topliss-reactive ketones (excluding diaryl/α,β-unsaturated/α-hetero) is 1. The van der Waals surface area contributed by atoms with Crippen LogP contribution in [0.2, 0.25) is 0 Å². The van der Waals surface area contributed by atoms with Crippen LogP contribution < -0.4 is 9.47 Å². The highest BCUT2D eigenvalue weighted by molar-refractivity contribution is 7.00. The van der Waals surface area contributed by atoms with Crippen LogP contribution in [0, 0.1) is 11.8 Å². The summed E-state index contributed by atoms with van der Waals surface area (Å²) in [5.41, 5.74) is 0.284. The molecule has 136 valence electrons. The molecule has 0 saturated carbocycles. The first-order valence-electron chi connectivity index (χ1n) is 7.66. The van der Waals surface area contributed by atoms with E-state index >= 15 is 0 Å². The van der Waals surface area contributed by atoms with E-state index in [1.807, 2.05) is 13.8 Å². The number of hydrogen-bond acceptors (Lipinski definition) is 6. The van der Waals surface area contributed by atoms with Gasteiger partial charge in [-0.15, -0.1) is 0 Å². The van der Waals surface area contributed by atoms with E-state index in [9.17, 15) is 9.59 Å². The van der Waals surface area contributed by atoms with Crippen molar-refractivity contribution in [2.75, 3.05) is 20.8 Å². The summed E-state index contributed by atoms with van der Waals surface area (Å²) >= 11 is 0. The van der Waals surface area contributed by atoms with Crippen molar-refractivity contribution in [3.63, 3.8) is 0 Å². The van der Waals surface area contributed by atoms with Crippen LogP contribution in [-0.4, -0.2) is 32.6 Å². The average Bonchev–Trinajstić information content (AvgIpc) is 2.59. The zero-order valence-corrected chi connectivity index (χ0v) is 16.4. The summed E-state index contributed by atoms with van der Waals surface area (Å²) in [6.07, 6.45) is 0.416. The lowest BCUT2D eigenvalue weighted by Crippen LogP contribution is -2.28. The monoisotopic (exact) mass is 358 g/mol. The van der Waals surface area contributed by atoms with Crippen LogP contribution in [0.5, 0.6) is 11.5 Å². The maximum Gasteiger partial charge on any atom is 0.316 e. The molecule has 0 saturated heterocycles. The van der Waals surface area contributed by atoms with Crippen molar-refractivity contribution in [2.45, 2.75) is 27.2 Å². The number of esters is 1. The highest BCUT2D eigenvalue weighted by atomic mass is 31.0. The van der Waals surface area contributed by atoms with E-state index < -0.39 is 11.9 Å². The Morgan fingerprint density at radius 1 is 1.08 bits per heavy atom. The fraction of sp³-hybridized carbons (Fsp3) is 0.529. The summed E-state index contributed by atoms with van der Waals surface area (Å²) in [6.45, 7) is 5.88. The average molecular weight is 358 g/mol. The summed E-state index contributed by atoms with van der Waals surface area (Å²) in [5.74, 6) is -0.732. The van der Waals surface area contributed by atoms with Gasteiger partial charge in [0.1, 0.15) is 23.0 Å². The van der Waals surface area contributed by atoms with Crippen LogP contribution in [0.25, 0.3) is 0 Å². The number of ketones is 1. The second kappa shape index (κ2) is 11.7. The Hall–Kier alpha value is -1.81. The molecule has 24 heavy (non-hydrogen) atoms. The van der Waals surface area contributed by atoms with E-state index in [4.69, 9.17) is 18.8 Å². The molecule has 0 radical (unpaired) electrons. The largest absolute Gasteiger partial charge is 0.496 e. The van der Waals surface area contributed by atoms with Gasteiger partial charge in [-0.25, -0.2) is 0 Å². The van der Waals surface area contributed by atoms with E-state index in [2.05, 4.69) is 0 Å². The summed E-state index contributed by atoms with van der Waals surface area (Å²) < 4.78 is 23.8. The lowest BCUT2D eigenvalue weighted by Gasteiger charge is -2.19. The van der Waals surface area contributed by atoms with Crippen molar-refractivity contribution in [1.82, 2.24) is 0 Å². The number of ether oxygens (including phenoxy) is 3. The number of hydrogen-bond donors (Lipinski definition) is 0. The van der Waals surface area contributed by atoms with E-state index in [1.165, 1.54) is 14.2 Å². The number of carbonyl (C=O) groups excluding carboxylic acids is 2. The fourth-order valence-corrected chi connectivity index (χ4v) is 2.29. The molecule has 0 aliphatic rings. The molecule has 0 aliphatic carbocycles. The normalized spacial score (nSPS) is 11.2. The van der Waals surface area contributed by atoms with Crippen molar-refractivity contribution < 1.29 is 28.4 Å². The Kier molecular flexibility index (Phi) is 10.8. The Bertz CT molecular complexity index is 522. The van der Waals surface area contributed by atoms with Crippen molar-refractivity contribution in [2.24, 2.45) is 11.8 Å². The van der Waals surface area contributed by atoms with E-state index in [0.29, 0.717) is 27.0 Å². The smallest absolute Gasteiger partial charge is 0.316 e. The quantitative estimate of drug-likeness (QED) is 0.308. The number of benzene rings is 1. The topological polar surface area (TPSA) is 78.9 Å². The Morgan fingerprint density at radius 3 is 1.96 bits per heavy atom. The van der Waals surface area contributed by atoms with Gasteiger partial charge in [-0.3, -0.25) is 9.59 Å². The van der Waals surface area contributed by atoms with Gasteiger partial charge >= 0.3 is 5.97 Å². The lowest BCUT2D eigenvalue weighted by molar-refractivity contribution is -0.146. The molecule has 2 atom stereocenters. The van der Waals surface area contributed by atoms with Crippen LogP contribution in [0.15, 0.2) is 18.2 Å². The molecule has 1 aromatic carbocycles. The summed E-state index contributed by atoms with van der Waals surface area (Å²) in [5, 5.41) is 0. The van der Waals surface area contributed by atoms with Crippen LogP contribution >= 0.6 is 9.12 Å². The zero-order chi connectivity index (χ0) is 18.7. The van der Waals surface area contributed by atoms with Gasteiger partial charge in [-0.2, -0.15) is 0 Å². The lowest BCUT2D eigenvalue weighted by atomic mass is 9.89. The first kappa shape index (κ1) is 22.2. The molecule has 0 amide bonds. The summed E-state index contributed by atoms with van der Waals surface area (Å²) in [6, 6.07) is 5.08. The maximum atomic E-state index is 12.9. The second-order valence-electron chi connectivity index (χ2n) is 5.34. The van der Waals surface area contributed by atoms with E-state index in [1.54, 1.807) is 25.1 Å². The molecular formula is C17H27O6P. The van der Waals surface area contributed by atoms with Crippen molar-refractivity contribution in [3.8, 4) is 11.5 Å². The molecule has 0 aromatic heterocycles. The molecule has 0 aliphatic heterocycles. The zero-order valence-electron chi connectivity index (χ0n) is 15.0. The summed E-state index contributed by atoms with van der Waals surface area (Å²) in [7, 11) is 3.57. The van der Waals surface area contributed by atoms with E-state index in [-0.39, 0.29) is 23.9 Å². The molecule has 0 fully saturated rings. The van der Waals surface area contributed by atoms with Crippen molar-refractivity contribution in [1.29, 1.82) is 0 Å². The van der Waals surface area contributed by atoms with Crippen molar-refractivity contribution >= 4 is 20.9 Å². The minimum Gasteiger partial charge on any atom is -0.496 e. The highest BCUT2D eigenvalue weighted by Crippen LogP contribution is 2.32. The summed E-state index contributed by atoms with van der Waals surface area (Å²) in [4.78, 5) is 25.1. The molecule has 2 unspecified atom stereocenters. The number of carbonyl (C=O) groups is 2. The van der Waals surface area contributed by atoms with Crippen molar-refractivity contribution in [3.05, 3.63) is 23.8 Å². The first-order chi connectivity index (χ1) is 11.5. The third-order valence-corrected chi connectivity index (χ3v) is 3.27. The Labute approximate surface area is 145 Å².